The Morgan fingerprint density at radius 1 is 1.53 bits per heavy atom. The van der Waals surface area contributed by atoms with Crippen LogP contribution < -0.4 is 5.32 Å². The maximum absolute atomic E-state index is 13.6. The highest BCUT2D eigenvalue weighted by atomic mass is 35.5. The first-order valence-electron chi connectivity index (χ1n) is 5.79. The van der Waals surface area contributed by atoms with Crippen molar-refractivity contribution in [3.05, 3.63) is 47.3 Å². The molecule has 1 aromatic rings. The predicted octanol–water partition coefficient (Wildman–Crippen LogP) is 3.82. The first kappa shape index (κ1) is 14.2. The van der Waals surface area contributed by atoms with Gasteiger partial charge in [-0.05, 0) is 36.7 Å². The molecule has 0 aliphatic heterocycles. The van der Waals surface area contributed by atoms with E-state index in [1.54, 1.807) is 12.1 Å². The molecule has 0 aliphatic carbocycles. The van der Waals surface area contributed by atoms with Crippen molar-refractivity contribution < 1.29 is 4.39 Å². The SMILES string of the molecule is C=CC(C)(CNCC)Cc1cc(Cl)ccc1F. The van der Waals surface area contributed by atoms with Crippen molar-refractivity contribution in [3.63, 3.8) is 0 Å². The van der Waals surface area contributed by atoms with Crippen LogP contribution >= 0.6 is 11.6 Å². The topological polar surface area (TPSA) is 12.0 Å². The summed E-state index contributed by atoms with van der Waals surface area (Å²) in [6, 6.07) is 4.66. The highest BCUT2D eigenvalue weighted by Gasteiger charge is 2.22. The lowest BCUT2D eigenvalue weighted by Gasteiger charge is -2.26. The Hall–Kier alpha value is -0.860. The molecule has 0 aromatic heterocycles. The molecule has 1 rings (SSSR count). The minimum atomic E-state index is -0.209. The van der Waals surface area contributed by atoms with Crippen molar-refractivity contribution in [2.75, 3.05) is 13.1 Å². The zero-order chi connectivity index (χ0) is 12.9. The maximum atomic E-state index is 13.6. The zero-order valence-corrected chi connectivity index (χ0v) is 11.1. The zero-order valence-electron chi connectivity index (χ0n) is 10.4. The molecule has 1 aromatic carbocycles. The van der Waals surface area contributed by atoms with Crippen LogP contribution in [0, 0.1) is 11.2 Å². The minimum absolute atomic E-state index is 0.165. The van der Waals surface area contributed by atoms with Gasteiger partial charge in [-0.1, -0.05) is 31.5 Å². The molecule has 94 valence electrons. The molecule has 1 atom stereocenters. The third-order valence-electron chi connectivity index (χ3n) is 2.87. The summed E-state index contributed by atoms with van der Waals surface area (Å²) in [6.45, 7) is 9.61. The second-order valence-electron chi connectivity index (χ2n) is 4.55. The average molecular weight is 256 g/mol. The van der Waals surface area contributed by atoms with E-state index >= 15 is 0 Å². The third-order valence-corrected chi connectivity index (χ3v) is 3.11. The van der Waals surface area contributed by atoms with Crippen molar-refractivity contribution in [1.82, 2.24) is 5.32 Å². The van der Waals surface area contributed by atoms with Gasteiger partial charge in [-0.15, -0.1) is 6.58 Å². The molecule has 1 N–H and O–H groups in total. The van der Waals surface area contributed by atoms with Crippen molar-refractivity contribution >= 4 is 11.6 Å². The molecule has 0 heterocycles. The third kappa shape index (κ3) is 4.14. The second kappa shape index (κ2) is 6.18. The molecule has 0 spiro atoms. The van der Waals surface area contributed by atoms with Gasteiger partial charge in [0.2, 0.25) is 0 Å². The standard InChI is InChI=1S/C14H19ClFN/c1-4-14(3,10-17-5-2)9-11-8-12(15)6-7-13(11)16/h4,6-8,17H,1,5,9-10H2,2-3H3. The maximum Gasteiger partial charge on any atom is 0.126 e. The number of benzene rings is 1. The quantitative estimate of drug-likeness (QED) is 0.762. The Morgan fingerprint density at radius 2 is 2.24 bits per heavy atom. The number of halogens is 2. The molecule has 0 amide bonds. The van der Waals surface area contributed by atoms with Gasteiger partial charge in [-0.3, -0.25) is 0 Å². The van der Waals surface area contributed by atoms with Gasteiger partial charge in [0.1, 0.15) is 5.82 Å². The van der Waals surface area contributed by atoms with Crippen LogP contribution in [0.4, 0.5) is 4.39 Å². The summed E-state index contributed by atoms with van der Waals surface area (Å²) in [5.74, 6) is -0.209. The summed E-state index contributed by atoms with van der Waals surface area (Å²) in [5, 5.41) is 3.83. The summed E-state index contributed by atoms with van der Waals surface area (Å²) >= 11 is 5.89. The van der Waals surface area contributed by atoms with Gasteiger partial charge in [0.25, 0.3) is 0 Å². The molecule has 0 saturated heterocycles. The van der Waals surface area contributed by atoms with Crippen LogP contribution in [-0.4, -0.2) is 13.1 Å². The van der Waals surface area contributed by atoms with E-state index in [4.69, 9.17) is 11.6 Å². The number of hydrogen-bond donors (Lipinski definition) is 1. The summed E-state index contributed by atoms with van der Waals surface area (Å²) in [5.41, 5.74) is 0.472. The van der Waals surface area contributed by atoms with Crippen molar-refractivity contribution in [3.8, 4) is 0 Å². The van der Waals surface area contributed by atoms with E-state index in [0.717, 1.165) is 13.1 Å². The molecule has 0 fully saturated rings. The summed E-state index contributed by atoms with van der Waals surface area (Å²) in [7, 11) is 0. The predicted molar refractivity (Wildman–Crippen MR) is 72.0 cm³/mol. The molecule has 3 heteroatoms. The van der Waals surface area contributed by atoms with Gasteiger partial charge in [0, 0.05) is 17.0 Å². The van der Waals surface area contributed by atoms with Crippen LogP contribution in [0.1, 0.15) is 19.4 Å². The van der Waals surface area contributed by atoms with E-state index in [1.165, 1.54) is 6.07 Å². The van der Waals surface area contributed by atoms with Crippen LogP contribution in [0.15, 0.2) is 30.9 Å². The summed E-state index contributed by atoms with van der Waals surface area (Å²) < 4.78 is 13.6. The number of nitrogens with one attached hydrogen (secondary N) is 1. The van der Waals surface area contributed by atoms with Gasteiger partial charge >= 0.3 is 0 Å². The Balaban J connectivity index is 2.86. The van der Waals surface area contributed by atoms with Crippen LogP contribution in [0.2, 0.25) is 5.02 Å². The molecule has 0 bridgehead atoms. The molecule has 1 unspecified atom stereocenters. The summed E-state index contributed by atoms with van der Waals surface area (Å²) in [6.07, 6.45) is 2.46. The van der Waals surface area contributed by atoms with Crippen molar-refractivity contribution in [2.24, 2.45) is 5.41 Å². The van der Waals surface area contributed by atoms with Crippen LogP contribution in [-0.2, 0) is 6.42 Å². The fourth-order valence-corrected chi connectivity index (χ4v) is 1.93. The minimum Gasteiger partial charge on any atom is -0.316 e. The molecular formula is C14H19ClFN. The molecule has 1 nitrogen and oxygen atoms in total. The normalized spacial score (nSPS) is 14.4. The first-order chi connectivity index (χ1) is 8.00. The van der Waals surface area contributed by atoms with E-state index < -0.39 is 0 Å². The fraction of sp³-hybridized carbons (Fsp3) is 0.429. The van der Waals surface area contributed by atoms with Gasteiger partial charge < -0.3 is 5.32 Å². The highest BCUT2D eigenvalue weighted by Crippen LogP contribution is 2.26. The molecule has 0 saturated carbocycles. The number of rotatable bonds is 6. The van der Waals surface area contributed by atoms with Crippen molar-refractivity contribution in [1.29, 1.82) is 0 Å². The molecule has 0 aliphatic rings. The lowest BCUT2D eigenvalue weighted by atomic mass is 9.83. The fourth-order valence-electron chi connectivity index (χ4n) is 1.73. The summed E-state index contributed by atoms with van der Waals surface area (Å²) in [4.78, 5) is 0. The lowest BCUT2D eigenvalue weighted by molar-refractivity contribution is 0.389. The molecular weight excluding hydrogens is 237 g/mol. The van der Waals surface area contributed by atoms with E-state index in [0.29, 0.717) is 17.0 Å². The van der Waals surface area contributed by atoms with Gasteiger partial charge in [0.15, 0.2) is 0 Å². The number of hydrogen-bond acceptors (Lipinski definition) is 1. The van der Waals surface area contributed by atoms with Crippen LogP contribution in [0.3, 0.4) is 0 Å². The Labute approximate surface area is 108 Å². The Morgan fingerprint density at radius 3 is 2.82 bits per heavy atom. The largest absolute Gasteiger partial charge is 0.316 e. The van der Waals surface area contributed by atoms with E-state index in [1.807, 2.05) is 13.0 Å². The van der Waals surface area contributed by atoms with Crippen LogP contribution in [0.5, 0.6) is 0 Å². The van der Waals surface area contributed by atoms with E-state index in [2.05, 4.69) is 18.8 Å². The lowest BCUT2D eigenvalue weighted by Crippen LogP contribution is -2.32. The smallest absolute Gasteiger partial charge is 0.126 e. The first-order valence-corrected chi connectivity index (χ1v) is 6.17. The van der Waals surface area contributed by atoms with Gasteiger partial charge in [-0.2, -0.15) is 0 Å². The van der Waals surface area contributed by atoms with Crippen molar-refractivity contribution in [2.45, 2.75) is 20.3 Å². The highest BCUT2D eigenvalue weighted by molar-refractivity contribution is 6.30. The van der Waals surface area contributed by atoms with Gasteiger partial charge in [-0.25, -0.2) is 4.39 Å². The van der Waals surface area contributed by atoms with Crippen LogP contribution in [0.25, 0.3) is 0 Å². The van der Waals surface area contributed by atoms with Gasteiger partial charge in [0.05, 0.1) is 0 Å². The van der Waals surface area contributed by atoms with E-state index in [-0.39, 0.29) is 11.2 Å². The Bertz CT molecular complexity index is 392. The molecule has 17 heavy (non-hydrogen) atoms. The second-order valence-corrected chi connectivity index (χ2v) is 4.99. The average Bonchev–Trinajstić information content (AvgIpc) is 2.31. The Kier molecular flexibility index (Phi) is 5.16. The monoisotopic (exact) mass is 255 g/mol. The van der Waals surface area contributed by atoms with E-state index in [9.17, 15) is 4.39 Å². The molecule has 0 radical (unpaired) electrons.